The summed E-state index contributed by atoms with van der Waals surface area (Å²) in [6.45, 7) is 0. The predicted molar refractivity (Wildman–Crippen MR) is 140 cm³/mol. The molecule has 2 heterocycles. The molecule has 0 fully saturated rings. The highest BCUT2D eigenvalue weighted by Crippen LogP contribution is 2.37. The number of rotatable bonds is 9. The van der Waals surface area contributed by atoms with Gasteiger partial charge in [0.15, 0.2) is 11.0 Å². The summed E-state index contributed by atoms with van der Waals surface area (Å²) in [7, 11) is 6.36. The average molecular weight is 525 g/mol. The molecule has 2 aromatic carbocycles. The molecule has 1 amide bonds. The zero-order valence-corrected chi connectivity index (χ0v) is 21.7. The van der Waals surface area contributed by atoms with E-state index < -0.39 is 5.97 Å². The summed E-state index contributed by atoms with van der Waals surface area (Å²) in [5.41, 5.74) is 2.68. The monoisotopic (exact) mass is 524 g/mol. The van der Waals surface area contributed by atoms with Crippen molar-refractivity contribution in [3.63, 3.8) is 0 Å². The van der Waals surface area contributed by atoms with E-state index in [-0.39, 0.29) is 11.7 Å². The van der Waals surface area contributed by atoms with Gasteiger partial charge in [-0.05, 0) is 42.0 Å². The second kappa shape index (κ2) is 11.3. The van der Waals surface area contributed by atoms with Crippen LogP contribution in [0.5, 0.6) is 11.5 Å². The van der Waals surface area contributed by atoms with Crippen LogP contribution < -0.4 is 14.8 Å². The van der Waals surface area contributed by atoms with E-state index >= 15 is 0 Å². The smallest absolute Gasteiger partial charge is 0.341 e. The standard InChI is InChI=1S/C25H24N4O5S2/c1-29-22(16-7-11-18(33-3)12-8-16)27-28-25(29)36-14-20(30)26-23-21(24(31)34-4)19(13-35-23)15-5-9-17(32-2)10-6-15/h5-13H,14H2,1-4H3,(H,26,30). The zero-order valence-electron chi connectivity index (χ0n) is 20.1. The maximum atomic E-state index is 12.8. The zero-order chi connectivity index (χ0) is 25.7. The van der Waals surface area contributed by atoms with Gasteiger partial charge in [0.05, 0.1) is 27.1 Å². The van der Waals surface area contributed by atoms with Crippen LogP contribution in [0, 0.1) is 0 Å². The lowest BCUT2D eigenvalue weighted by Gasteiger charge is -2.08. The fraction of sp³-hybridized carbons (Fsp3) is 0.200. The van der Waals surface area contributed by atoms with Gasteiger partial charge in [-0.1, -0.05) is 23.9 Å². The maximum Gasteiger partial charge on any atom is 0.341 e. The molecular weight excluding hydrogens is 500 g/mol. The molecule has 0 aliphatic carbocycles. The number of benzene rings is 2. The number of esters is 1. The van der Waals surface area contributed by atoms with Crippen LogP contribution in [-0.2, 0) is 16.6 Å². The Balaban J connectivity index is 1.47. The summed E-state index contributed by atoms with van der Waals surface area (Å²) in [4.78, 5) is 25.3. The van der Waals surface area contributed by atoms with Gasteiger partial charge in [-0.2, -0.15) is 0 Å². The fourth-order valence-electron chi connectivity index (χ4n) is 3.46. The second-order valence-electron chi connectivity index (χ2n) is 7.50. The van der Waals surface area contributed by atoms with Gasteiger partial charge in [-0.15, -0.1) is 21.5 Å². The van der Waals surface area contributed by atoms with Gasteiger partial charge in [-0.25, -0.2) is 4.79 Å². The number of thioether (sulfide) groups is 1. The Kier molecular flexibility index (Phi) is 7.91. The molecule has 0 aliphatic rings. The molecule has 0 saturated carbocycles. The minimum atomic E-state index is -0.526. The van der Waals surface area contributed by atoms with Crippen molar-refractivity contribution < 1.29 is 23.8 Å². The Labute approximate surface area is 216 Å². The first-order chi connectivity index (χ1) is 17.4. The Hall–Kier alpha value is -3.83. The summed E-state index contributed by atoms with van der Waals surface area (Å²) < 4.78 is 17.2. The van der Waals surface area contributed by atoms with E-state index in [2.05, 4.69) is 15.5 Å². The number of anilines is 1. The van der Waals surface area contributed by atoms with Crippen LogP contribution in [0.4, 0.5) is 5.00 Å². The minimum Gasteiger partial charge on any atom is -0.497 e. The number of nitrogens with one attached hydrogen (secondary N) is 1. The van der Waals surface area contributed by atoms with Crippen LogP contribution in [0.25, 0.3) is 22.5 Å². The van der Waals surface area contributed by atoms with Gasteiger partial charge in [0, 0.05) is 23.6 Å². The first kappa shape index (κ1) is 25.3. The number of aromatic nitrogens is 3. The third kappa shape index (κ3) is 5.37. The van der Waals surface area contributed by atoms with Crippen LogP contribution >= 0.6 is 23.1 Å². The Morgan fingerprint density at radius 1 is 0.944 bits per heavy atom. The molecule has 11 heteroatoms. The van der Waals surface area contributed by atoms with Crippen LogP contribution in [0.3, 0.4) is 0 Å². The minimum absolute atomic E-state index is 0.0883. The van der Waals surface area contributed by atoms with Crippen molar-refractivity contribution in [1.29, 1.82) is 0 Å². The van der Waals surface area contributed by atoms with Crippen molar-refractivity contribution in [1.82, 2.24) is 14.8 Å². The summed E-state index contributed by atoms with van der Waals surface area (Å²) >= 11 is 2.52. The van der Waals surface area contributed by atoms with E-state index in [0.29, 0.717) is 32.9 Å². The molecule has 4 rings (SSSR count). The average Bonchev–Trinajstić information content (AvgIpc) is 3.50. The van der Waals surface area contributed by atoms with E-state index in [1.807, 2.05) is 65.5 Å². The lowest BCUT2D eigenvalue weighted by molar-refractivity contribution is -0.113. The van der Waals surface area contributed by atoms with Gasteiger partial charge >= 0.3 is 5.97 Å². The van der Waals surface area contributed by atoms with Gasteiger partial charge in [-0.3, -0.25) is 4.79 Å². The molecule has 36 heavy (non-hydrogen) atoms. The highest BCUT2D eigenvalue weighted by Gasteiger charge is 2.23. The van der Waals surface area contributed by atoms with Crippen LogP contribution in [0.15, 0.2) is 59.1 Å². The maximum absolute atomic E-state index is 12.8. The Bertz CT molecular complexity index is 1360. The van der Waals surface area contributed by atoms with Gasteiger partial charge < -0.3 is 24.1 Å². The quantitative estimate of drug-likeness (QED) is 0.247. The Morgan fingerprint density at radius 2 is 1.56 bits per heavy atom. The normalized spacial score (nSPS) is 10.7. The van der Waals surface area contributed by atoms with Crippen molar-refractivity contribution in [2.75, 3.05) is 32.4 Å². The van der Waals surface area contributed by atoms with E-state index in [4.69, 9.17) is 14.2 Å². The number of carbonyl (C=O) groups is 2. The summed E-state index contributed by atoms with van der Waals surface area (Å²) in [6.07, 6.45) is 0. The van der Waals surface area contributed by atoms with E-state index in [1.54, 1.807) is 14.2 Å². The van der Waals surface area contributed by atoms with Gasteiger partial charge in [0.2, 0.25) is 5.91 Å². The summed E-state index contributed by atoms with van der Waals surface area (Å²) in [5, 5.41) is 14.1. The lowest BCUT2D eigenvalue weighted by Crippen LogP contribution is -2.16. The molecule has 0 unspecified atom stereocenters. The molecule has 9 nitrogen and oxygen atoms in total. The molecule has 0 aliphatic heterocycles. The lowest BCUT2D eigenvalue weighted by atomic mass is 10.0. The molecule has 0 radical (unpaired) electrons. The highest BCUT2D eigenvalue weighted by molar-refractivity contribution is 7.99. The largest absolute Gasteiger partial charge is 0.497 e. The third-order valence-electron chi connectivity index (χ3n) is 5.35. The SMILES string of the molecule is COC(=O)c1c(-c2ccc(OC)cc2)csc1NC(=O)CSc1nnc(-c2ccc(OC)cc2)n1C. The van der Waals surface area contributed by atoms with E-state index in [0.717, 1.165) is 16.9 Å². The summed E-state index contributed by atoms with van der Waals surface area (Å²) in [6, 6.07) is 14.8. The first-order valence-electron chi connectivity index (χ1n) is 10.8. The van der Waals surface area contributed by atoms with Crippen LogP contribution in [0.1, 0.15) is 10.4 Å². The number of hydrogen-bond acceptors (Lipinski definition) is 9. The van der Waals surface area contributed by atoms with Crippen molar-refractivity contribution in [2.24, 2.45) is 7.05 Å². The molecular formula is C25H24N4O5S2. The van der Waals surface area contributed by atoms with Crippen LogP contribution in [0.2, 0.25) is 0 Å². The molecule has 0 atom stereocenters. The van der Waals surface area contributed by atoms with Crippen molar-refractivity contribution in [3.05, 3.63) is 59.5 Å². The van der Waals surface area contributed by atoms with Crippen molar-refractivity contribution >= 4 is 40.0 Å². The number of ether oxygens (including phenoxy) is 3. The van der Waals surface area contributed by atoms with Gasteiger partial charge in [0.1, 0.15) is 22.1 Å². The summed E-state index contributed by atoms with van der Waals surface area (Å²) in [5.74, 6) is 1.42. The Morgan fingerprint density at radius 3 is 2.14 bits per heavy atom. The van der Waals surface area contributed by atoms with Crippen molar-refractivity contribution in [3.8, 4) is 34.0 Å². The number of carbonyl (C=O) groups excluding carboxylic acids is 2. The highest BCUT2D eigenvalue weighted by atomic mass is 32.2. The predicted octanol–water partition coefficient (Wildman–Crippen LogP) is 4.75. The van der Waals surface area contributed by atoms with Gasteiger partial charge in [0.25, 0.3) is 0 Å². The molecule has 2 aromatic heterocycles. The number of methoxy groups -OCH3 is 3. The third-order valence-corrected chi connectivity index (χ3v) is 7.27. The second-order valence-corrected chi connectivity index (χ2v) is 9.33. The first-order valence-corrected chi connectivity index (χ1v) is 12.6. The van der Waals surface area contributed by atoms with E-state index in [9.17, 15) is 9.59 Å². The molecule has 0 spiro atoms. The molecule has 4 aromatic rings. The molecule has 186 valence electrons. The number of hydrogen-bond donors (Lipinski definition) is 1. The van der Waals surface area contributed by atoms with Crippen LogP contribution in [-0.4, -0.2) is 53.7 Å². The fourth-order valence-corrected chi connectivity index (χ4v) is 5.15. The van der Waals surface area contributed by atoms with E-state index in [1.165, 1.54) is 30.2 Å². The molecule has 0 bridgehead atoms. The molecule has 1 N–H and O–H groups in total. The van der Waals surface area contributed by atoms with Crippen molar-refractivity contribution in [2.45, 2.75) is 5.16 Å². The number of nitrogens with zero attached hydrogens (tertiary/aromatic N) is 3. The molecule has 0 saturated heterocycles. The topological polar surface area (TPSA) is 105 Å². The number of amides is 1. The number of thiophene rings is 1.